The summed E-state index contributed by atoms with van der Waals surface area (Å²) in [5.74, 6) is 1.25. The van der Waals surface area contributed by atoms with Gasteiger partial charge in [-0.15, -0.1) is 0 Å². The van der Waals surface area contributed by atoms with Gasteiger partial charge in [-0.3, -0.25) is 0 Å². The largest absolute Gasteiger partial charge is 0.496 e. The Kier molecular flexibility index (Phi) is 6.87. The zero-order valence-electron chi connectivity index (χ0n) is 15.3. The molecule has 6 nitrogen and oxygen atoms in total. The van der Waals surface area contributed by atoms with Gasteiger partial charge in [0.05, 0.1) is 7.11 Å². The number of aryl methyl sites for hydroxylation is 1. The lowest BCUT2D eigenvalue weighted by atomic mass is 10.1. The van der Waals surface area contributed by atoms with Crippen molar-refractivity contribution in [2.75, 3.05) is 58.7 Å². The topological polar surface area (TPSA) is 56.8 Å². The highest BCUT2D eigenvalue weighted by atomic mass is 16.5. The van der Waals surface area contributed by atoms with Crippen LogP contribution in [0.1, 0.15) is 12.5 Å². The van der Waals surface area contributed by atoms with Crippen molar-refractivity contribution in [2.45, 2.75) is 13.8 Å². The van der Waals surface area contributed by atoms with Gasteiger partial charge in [0, 0.05) is 45.0 Å². The molecule has 0 bridgehead atoms. The maximum absolute atomic E-state index is 12.0. The number of methoxy groups -OCH3 is 1. The number of hydrogen-bond donors (Lipinski definition) is 2. The summed E-state index contributed by atoms with van der Waals surface area (Å²) < 4.78 is 5.23. The Hall–Kier alpha value is -1.79. The molecular formula is C18H30N4O2. The third-order valence-corrected chi connectivity index (χ3v) is 4.43. The van der Waals surface area contributed by atoms with Crippen LogP contribution in [-0.4, -0.2) is 69.3 Å². The molecule has 2 rings (SSSR count). The second kappa shape index (κ2) is 8.89. The summed E-state index contributed by atoms with van der Waals surface area (Å²) in [6.45, 7) is 10.3. The first kappa shape index (κ1) is 18.5. The van der Waals surface area contributed by atoms with E-state index in [-0.39, 0.29) is 6.03 Å². The number of urea groups is 1. The van der Waals surface area contributed by atoms with E-state index in [0.717, 1.165) is 49.7 Å². The predicted octanol–water partition coefficient (Wildman–Crippen LogP) is 2.01. The van der Waals surface area contributed by atoms with Gasteiger partial charge in [-0.2, -0.15) is 0 Å². The highest BCUT2D eigenvalue weighted by Gasteiger charge is 2.16. The summed E-state index contributed by atoms with van der Waals surface area (Å²) in [5, 5.41) is 5.83. The van der Waals surface area contributed by atoms with Gasteiger partial charge in [0.1, 0.15) is 5.75 Å². The number of piperazine rings is 1. The fraction of sp³-hybridized carbons (Fsp3) is 0.611. The van der Waals surface area contributed by atoms with Crippen LogP contribution in [-0.2, 0) is 0 Å². The smallest absolute Gasteiger partial charge is 0.319 e. The second-order valence-electron chi connectivity index (χ2n) is 6.73. The first-order valence-electron chi connectivity index (χ1n) is 8.58. The molecule has 1 aliphatic heterocycles. The number of rotatable bonds is 6. The number of amides is 2. The zero-order valence-corrected chi connectivity index (χ0v) is 15.3. The number of likely N-dealkylation sites (N-methyl/N-ethyl adjacent to an activating group) is 1. The molecule has 0 unspecified atom stereocenters. The maximum Gasteiger partial charge on any atom is 0.319 e. The summed E-state index contributed by atoms with van der Waals surface area (Å²) in [4.78, 5) is 16.9. The Morgan fingerprint density at radius 2 is 2.00 bits per heavy atom. The zero-order chi connectivity index (χ0) is 17.5. The van der Waals surface area contributed by atoms with Gasteiger partial charge < -0.3 is 25.2 Å². The molecule has 0 spiro atoms. The highest BCUT2D eigenvalue weighted by molar-refractivity contribution is 5.89. The fourth-order valence-electron chi connectivity index (χ4n) is 2.93. The van der Waals surface area contributed by atoms with Crippen molar-refractivity contribution in [3.63, 3.8) is 0 Å². The van der Waals surface area contributed by atoms with Crippen molar-refractivity contribution in [1.29, 1.82) is 0 Å². The molecular weight excluding hydrogens is 304 g/mol. The molecule has 1 atom stereocenters. The van der Waals surface area contributed by atoms with Crippen molar-refractivity contribution >= 4 is 11.7 Å². The number of nitrogens with zero attached hydrogens (tertiary/aromatic N) is 2. The Morgan fingerprint density at radius 1 is 1.29 bits per heavy atom. The van der Waals surface area contributed by atoms with Crippen molar-refractivity contribution in [3.05, 3.63) is 23.8 Å². The molecule has 1 aromatic rings. The predicted molar refractivity (Wildman–Crippen MR) is 97.9 cm³/mol. The first-order valence-corrected chi connectivity index (χ1v) is 8.58. The fourth-order valence-corrected chi connectivity index (χ4v) is 2.93. The Balaban J connectivity index is 1.71. The molecule has 1 fully saturated rings. The normalized spacial score (nSPS) is 17.3. The minimum atomic E-state index is -0.162. The summed E-state index contributed by atoms with van der Waals surface area (Å²) in [6.07, 6.45) is 0. The lowest BCUT2D eigenvalue weighted by Crippen LogP contribution is -2.47. The quantitative estimate of drug-likeness (QED) is 0.836. The van der Waals surface area contributed by atoms with E-state index >= 15 is 0 Å². The van der Waals surface area contributed by atoms with Crippen LogP contribution in [0.25, 0.3) is 0 Å². The summed E-state index contributed by atoms with van der Waals surface area (Å²) in [6, 6.07) is 5.45. The van der Waals surface area contributed by atoms with Gasteiger partial charge in [-0.25, -0.2) is 4.79 Å². The van der Waals surface area contributed by atoms with Crippen molar-refractivity contribution in [3.8, 4) is 5.75 Å². The second-order valence-corrected chi connectivity index (χ2v) is 6.73. The van der Waals surface area contributed by atoms with Crippen molar-refractivity contribution in [2.24, 2.45) is 5.92 Å². The number of anilines is 1. The molecule has 24 heavy (non-hydrogen) atoms. The third kappa shape index (κ3) is 5.69. The summed E-state index contributed by atoms with van der Waals surface area (Å²) in [7, 11) is 3.80. The first-order chi connectivity index (χ1) is 11.5. The lowest BCUT2D eigenvalue weighted by molar-refractivity contribution is 0.138. The van der Waals surface area contributed by atoms with E-state index in [0.29, 0.717) is 12.5 Å². The van der Waals surface area contributed by atoms with Crippen LogP contribution >= 0.6 is 0 Å². The number of carbonyl (C=O) groups is 1. The molecule has 1 saturated heterocycles. The van der Waals surface area contributed by atoms with Crippen LogP contribution in [0.4, 0.5) is 10.5 Å². The minimum Gasteiger partial charge on any atom is -0.496 e. The van der Waals surface area contributed by atoms with E-state index in [2.05, 4.69) is 34.4 Å². The van der Waals surface area contributed by atoms with Gasteiger partial charge in [0.15, 0.2) is 0 Å². The van der Waals surface area contributed by atoms with Gasteiger partial charge in [-0.05, 0) is 43.7 Å². The molecule has 2 N–H and O–H groups in total. The van der Waals surface area contributed by atoms with Crippen LogP contribution in [0.2, 0.25) is 0 Å². The standard InChI is InChI=1S/C18H30N4O2/c1-14(13-22-9-7-21(3)8-10-22)12-19-18(23)20-16-5-6-17(24-4)15(2)11-16/h5-6,11,14H,7-10,12-13H2,1-4H3,(H2,19,20,23)/t14-/m0/s1. The van der Waals surface area contributed by atoms with Crippen LogP contribution in [0.5, 0.6) is 5.75 Å². The molecule has 0 saturated carbocycles. The average molecular weight is 334 g/mol. The van der Waals surface area contributed by atoms with E-state index in [1.54, 1.807) is 7.11 Å². The van der Waals surface area contributed by atoms with Crippen LogP contribution in [0, 0.1) is 12.8 Å². The van der Waals surface area contributed by atoms with E-state index in [4.69, 9.17) is 4.74 Å². The molecule has 0 aromatic heterocycles. The summed E-state index contributed by atoms with van der Waals surface area (Å²) in [5.41, 5.74) is 1.77. The van der Waals surface area contributed by atoms with Gasteiger partial charge in [0.25, 0.3) is 0 Å². The highest BCUT2D eigenvalue weighted by Crippen LogP contribution is 2.21. The number of carbonyl (C=O) groups excluding carboxylic acids is 1. The number of ether oxygens (including phenoxy) is 1. The Bertz CT molecular complexity index is 542. The Labute approximate surface area is 145 Å². The number of benzene rings is 1. The molecule has 134 valence electrons. The SMILES string of the molecule is COc1ccc(NC(=O)NC[C@H](C)CN2CCN(C)CC2)cc1C. The molecule has 0 aliphatic carbocycles. The van der Waals surface area contributed by atoms with Gasteiger partial charge in [-0.1, -0.05) is 6.92 Å². The monoisotopic (exact) mass is 334 g/mol. The number of nitrogens with one attached hydrogen (secondary N) is 2. The maximum atomic E-state index is 12.0. The molecule has 1 aromatic carbocycles. The molecule has 0 radical (unpaired) electrons. The van der Waals surface area contributed by atoms with Crippen LogP contribution in [0.3, 0.4) is 0 Å². The third-order valence-electron chi connectivity index (χ3n) is 4.43. The summed E-state index contributed by atoms with van der Waals surface area (Å²) >= 11 is 0. The number of hydrogen-bond acceptors (Lipinski definition) is 4. The van der Waals surface area contributed by atoms with E-state index in [9.17, 15) is 4.79 Å². The molecule has 1 heterocycles. The molecule has 6 heteroatoms. The van der Waals surface area contributed by atoms with Crippen molar-refractivity contribution in [1.82, 2.24) is 15.1 Å². The molecule has 1 aliphatic rings. The average Bonchev–Trinajstić information content (AvgIpc) is 2.55. The van der Waals surface area contributed by atoms with Gasteiger partial charge >= 0.3 is 6.03 Å². The lowest BCUT2D eigenvalue weighted by Gasteiger charge is -2.33. The van der Waals surface area contributed by atoms with Crippen molar-refractivity contribution < 1.29 is 9.53 Å². The van der Waals surface area contributed by atoms with Crippen LogP contribution < -0.4 is 15.4 Å². The Morgan fingerprint density at radius 3 is 2.62 bits per heavy atom. The van der Waals surface area contributed by atoms with Crippen LogP contribution in [0.15, 0.2) is 18.2 Å². The van der Waals surface area contributed by atoms with E-state index < -0.39 is 0 Å². The molecule has 2 amide bonds. The van der Waals surface area contributed by atoms with Gasteiger partial charge in [0.2, 0.25) is 0 Å². The van der Waals surface area contributed by atoms with E-state index in [1.165, 1.54) is 0 Å². The minimum absolute atomic E-state index is 0.162. The van der Waals surface area contributed by atoms with E-state index in [1.807, 2.05) is 25.1 Å².